The molecule has 30 heavy (non-hydrogen) atoms. The van der Waals surface area contributed by atoms with Crippen molar-refractivity contribution in [3.63, 3.8) is 0 Å². The number of benzene rings is 1. The first-order valence-electron chi connectivity index (χ1n) is 10.1. The lowest BCUT2D eigenvalue weighted by Gasteiger charge is -2.26. The largest absolute Gasteiger partial charge is 0.348 e. The molecular formula is C21H25N5O3S. The molecule has 8 nitrogen and oxygen atoms in total. The van der Waals surface area contributed by atoms with Crippen LogP contribution in [0.1, 0.15) is 46.6 Å². The summed E-state index contributed by atoms with van der Waals surface area (Å²) in [5.41, 5.74) is 3.15. The summed E-state index contributed by atoms with van der Waals surface area (Å²) in [4.78, 5) is 17.3. The van der Waals surface area contributed by atoms with Crippen LogP contribution < -0.4 is 5.32 Å². The third-order valence-electron chi connectivity index (χ3n) is 5.44. The Bertz CT molecular complexity index is 1200. The maximum absolute atomic E-state index is 13.1. The number of carbonyl (C=O) groups is 1. The van der Waals surface area contributed by atoms with Crippen molar-refractivity contribution < 1.29 is 13.2 Å². The lowest BCUT2D eigenvalue weighted by atomic mass is 10.2. The van der Waals surface area contributed by atoms with E-state index in [1.54, 1.807) is 33.1 Å². The van der Waals surface area contributed by atoms with Gasteiger partial charge in [-0.1, -0.05) is 24.6 Å². The Balaban J connectivity index is 1.56. The summed E-state index contributed by atoms with van der Waals surface area (Å²) in [5, 5.41) is 7.20. The number of piperidine rings is 1. The van der Waals surface area contributed by atoms with E-state index in [-0.39, 0.29) is 17.3 Å². The van der Waals surface area contributed by atoms with Gasteiger partial charge < -0.3 is 5.32 Å². The van der Waals surface area contributed by atoms with Gasteiger partial charge in [-0.3, -0.25) is 4.79 Å². The Morgan fingerprint density at radius 2 is 1.87 bits per heavy atom. The van der Waals surface area contributed by atoms with Crippen LogP contribution in [-0.4, -0.2) is 46.3 Å². The van der Waals surface area contributed by atoms with Crippen LogP contribution in [0.3, 0.4) is 0 Å². The van der Waals surface area contributed by atoms with Gasteiger partial charge in [-0.15, -0.1) is 0 Å². The van der Waals surface area contributed by atoms with Crippen molar-refractivity contribution in [3.8, 4) is 0 Å². The number of hydrogen-bond donors (Lipinski definition) is 1. The predicted octanol–water partition coefficient (Wildman–Crippen LogP) is 2.45. The minimum Gasteiger partial charge on any atom is -0.348 e. The van der Waals surface area contributed by atoms with E-state index in [1.165, 1.54) is 6.20 Å². The Morgan fingerprint density at radius 3 is 2.63 bits per heavy atom. The topological polar surface area (TPSA) is 96.7 Å². The first-order chi connectivity index (χ1) is 14.4. The zero-order valence-corrected chi connectivity index (χ0v) is 17.9. The second-order valence-corrected chi connectivity index (χ2v) is 9.47. The van der Waals surface area contributed by atoms with Gasteiger partial charge in [0.05, 0.1) is 21.8 Å². The maximum atomic E-state index is 13.1. The molecule has 1 N–H and O–H groups in total. The molecule has 2 aromatic heterocycles. The van der Waals surface area contributed by atoms with Crippen molar-refractivity contribution in [1.82, 2.24) is 24.2 Å². The number of nitrogens with zero attached hydrogens (tertiary/aromatic N) is 4. The highest BCUT2D eigenvalue weighted by atomic mass is 32.2. The Hall–Kier alpha value is -2.78. The van der Waals surface area contributed by atoms with E-state index >= 15 is 0 Å². The zero-order valence-electron chi connectivity index (χ0n) is 17.1. The molecule has 158 valence electrons. The van der Waals surface area contributed by atoms with Crippen molar-refractivity contribution in [2.45, 2.75) is 44.6 Å². The molecule has 1 aliphatic rings. The number of aryl methyl sites for hydroxylation is 2. The van der Waals surface area contributed by atoms with E-state index in [9.17, 15) is 13.2 Å². The number of nitrogens with one attached hydrogen (secondary N) is 1. The van der Waals surface area contributed by atoms with Crippen LogP contribution >= 0.6 is 0 Å². The first kappa shape index (κ1) is 20.5. The summed E-state index contributed by atoms with van der Waals surface area (Å²) in [6.07, 6.45) is 4.33. The highest BCUT2D eigenvalue weighted by molar-refractivity contribution is 7.89. The maximum Gasteiger partial charge on any atom is 0.254 e. The monoisotopic (exact) mass is 427 g/mol. The number of carbonyl (C=O) groups excluding carboxylic acids is 1. The molecule has 1 amide bonds. The fraction of sp³-hybridized carbons (Fsp3) is 0.381. The van der Waals surface area contributed by atoms with Gasteiger partial charge in [0.1, 0.15) is 0 Å². The molecular weight excluding hydrogens is 402 g/mol. The lowest BCUT2D eigenvalue weighted by molar-refractivity contribution is 0.0949. The van der Waals surface area contributed by atoms with E-state index in [0.29, 0.717) is 35.6 Å². The van der Waals surface area contributed by atoms with Crippen molar-refractivity contribution in [2.24, 2.45) is 0 Å². The van der Waals surface area contributed by atoms with Crippen LogP contribution in [-0.2, 0) is 16.6 Å². The van der Waals surface area contributed by atoms with E-state index < -0.39 is 10.0 Å². The first-order valence-corrected chi connectivity index (χ1v) is 11.5. The van der Waals surface area contributed by atoms with E-state index in [2.05, 4.69) is 15.4 Å². The molecule has 0 aliphatic carbocycles. The van der Waals surface area contributed by atoms with Crippen LogP contribution in [0.5, 0.6) is 0 Å². The second kappa shape index (κ2) is 8.16. The minimum absolute atomic E-state index is 0.109. The van der Waals surface area contributed by atoms with Gasteiger partial charge in [0.15, 0.2) is 5.65 Å². The summed E-state index contributed by atoms with van der Waals surface area (Å²) in [6.45, 7) is 4.87. The molecule has 1 aromatic carbocycles. The van der Waals surface area contributed by atoms with Gasteiger partial charge in [0.25, 0.3) is 5.91 Å². The number of hydrogen-bond acceptors (Lipinski definition) is 5. The fourth-order valence-electron chi connectivity index (χ4n) is 3.80. The van der Waals surface area contributed by atoms with Crippen molar-refractivity contribution in [2.75, 3.05) is 13.1 Å². The molecule has 4 rings (SSSR count). The van der Waals surface area contributed by atoms with Gasteiger partial charge in [-0.2, -0.15) is 9.40 Å². The average molecular weight is 428 g/mol. The second-order valence-electron chi connectivity index (χ2n) is 7.57. The molecule has 0 bridgehead atoms. The molecule has 0 spiro atoms. The third kappa shape index (κ3) is 3.82. The minimum atomic E-state index is -3.58. The summed E-state index contributed by atoms with van der Waals surface area (Å²) < 4.78 is 29.4. The van der Waals surface area contributed by atoms with Gasteiger partial charge >= 0.3 is 0 Å². The van der Waals surface area contributed by atoms with Crippen LogP contribution in [0, 0.1) is 13.8 Å². The number of sulfonamides is 1. The molecule has 9 heteroatoms. The van der Waals surface area contributed by atoms with E-state index in [4.69, 9.17) is 0 Å². The lowest BCUT2D eigenvalue weighted by Crippen LogP contribution is -2.36. The molecule has 0 unspecified atom stereocenters. The summed E-state index contributed by atoms with van der Waals surface area (Å²) in [5.74, 6) is -0.319. The van der Waals surface area contributed by atoms with Crippen molar-refractivity contribution in [1.29, 1.82) is 0 Å². The Kier molecular flexibility index (Phi) is 5.57. The standard InChI is InChI=1S/C21H25N5O3S/c1-15-12-20-22-14-18(16(2)26(20)24-15)21(27)23-13-17-8-4-5-9-19(17)30(28,29)25-10-6-3-7-11-25/h4-5,8-9,12,14H,3,6-7,10-11,13H2,1-2H3,(H,23,27). The summed E-state index contributed by atoms with van der Waals surface area (Å²) in [6, 6.07) is 8.68. The number of fused-ring (bicyclic) bond motifs is 1. The van der Waals surface area contributed by atoms with Gasteiger partial charge in [-0.05, 0) is 38.3 Å². The smallest absolute Gasteiger partial charge is 0.254 e. The van der Waals surface area contributed by atoms with Crippen LogP contribution in [0.2, 0.25) is 0 Å². The number of aromatic nitrogens is 3. The SMILES string of the molecule is Cc1cc2ncc(C(=O)NCc3ccccc3S(=O)(=O)N3CCCCC3)c(C)n2n1. The quantitative estimate of drug-likeness (QED) is 0.675. The van der Waals surface area contributed by atoms with E-state index in [0.717, 1.165) is 25.0 Å². The highest BCUT2D eigenvalue weighted by Crippen LogP contribution is 2.23. The third-order valence-corrected chi connectivity index (χ3v) is 7.43. The zero-order chi connectivity index (χ0) is 21.3. The fourth-order valence-corrected chi connectivity index (χ4v) is 5.54. The predicted molar refractivity (Wildman–Crippen MR) is 113 cm³/mol. The molecule has 3 aromatic rings. The van der Waals surface area contributed by atoms with Gasteiger partial charge in [0, 0.05) is 31.9 Å². The molecule has 0 radical (unpaired) electrons. The summed E-state index contributed by atoms with van der Waals surface area (Å²) >= 11 is 0. The van der Waals surface area contributed by atoms with Crippen LogP contribution in [0.4, 0.5) is 0 Å². The molecule has 0 saturated carbocycles. The van der Waals surface area contributed by atoms with Crippen LogP contribution in [0.15, 0.2) is 41.4 Å². The molecule has 3 heterocycles. The van der Waals surface area contributed by atoms with Crippen molar-refractivity contribution >= 4 is 21.6 Å². The Labute approximate surface area is 176 Å². The molecule has 1 aliphatic heterocycles. The van der Waals surface area contributed by atoms with Crippen molar-refractivity contribution in [3.05, 3.63) is 59.0 Å². The molecule has 0 atom stereocenters. The van der Waals surface area contributed by atoms with Gasteiger partial charge in [-0.25, -0.2) is 17.9 Å². The Morgan fingerprint density at radius 1 is 1.13 bits per heavy atom. The molecule has 1 saturated heterocycles. The molecule has 1 fully saturated rings. The highest BCUT2D eigenvalue weighted by Gasteiger charge is 2.28. The van der Waals surface area contributed by atoms with E-state index in [1.807, 2.05) is 19.9 Å². The summed E-state index contributed by atoms with van der Waals surface area (Å²) in [7, 11) is -3.58. The average Bonchev–Trinajstić information content (AvgIpc) is 3.14. The number of amides is 1. The van der Waals surface area contributed by atoms with Gasteiger partial charge in [0.2, 0.25) is 10.0 Å². The number of rotatable bonds is 5. The normalized spacial score (nSPS) is 15.4. The van der Waals surface area contributed by atoms with Crippen LogP contribution in [0.25, 0.3) is 5.65 Å².